The van der Waals surface area contributed by atoms with Gasteiger partial charge in [0.25, 0.3) is 0 Å². The molecule has 28 heavy (non-hydrogen) atoms. The van der Waals surface area contributed by atoms with Crippen LogP contribution < -0.4 is 10.1 Å². The van der Waals surface area contributed by atoms with E-state index in [1.165, 1.54) is 31.4 Å². The van der Waals surface area contributed by atoms with Gasteiger partial charge in [0.1, 0.15) is 0 Å². The van der Waals surface area contributed by atoms with Gasteiger partial charge in [-0.3, -0.25) is 4.99 Å². The van der Waals surface area contributed by atoms with Crippen molar-refractivity contribution in [1.82, 2.24) is 20.1 Å². The molecule has 1 aliphatic heterocycles. The normalized spacial score (nSPS) is 19.6. The van der Waals surface area contributed by atoms with Crippen molar-refractivity contribution in [2.75, 3.05) is 46.4 Å². The fraction of sp³-hybridized carbons (Fsp3) is 0.714. The number of nitrogens with zero attached hydrogens (tertiary/aromatic N) is 4. The summed E-state index contributed by atoms with van der Waals surface area (Å²) in [7, 11) is 1.87. The third-order valence-electron chi connectivity index (χ3n) is 5.62. The molecule has 0 aromatic carbocycles. The summed E-state index contributed by atoms with van der Waals surface area (Å²) in [5.41, 5.74) is 1.18. The number of hydrogen-bond acceptors (Lipinski definition) is 4. The summed E-state index contributed by atoms with van der Waals surface area (Å²) in [5, 5.41) is 3.51. The summed E-state index contributed by atoms with van der Waals surface area (Å²) in [6.45, 7) is 11.6. The Morgan fingerprint density at radius 2 is 2.07 bits per heavy atom. The largest absolute Gasteiger partial charge is 0.477 e. The SMILES string of the molecule is CCN(CC)CC1CCN(C(=NC)NCc2ccnc(OCC3CC3)c2)C1.I. The second-order valence-corrected chi connectivity index (χ2v) is 7.74. The highest BCUT2D eigenvalue weighted by Crippen LogP contribution is 2.29. The third-order valence-corrected chi connectivity index (χ3v) is 5.62. The summed E-state index contributed by atoms with van der Waals surface area (Å²) in [4.78, 5) is 13.7. The fourth-order valence-corrected chi connectivity index (χ4v) is 3.66. The monoisotopic (exact) mass is 501 g/mol. The maximum absolute atomic E-state index is 5.79. The molecule has 0 bridgehead atoms. The first kappa shape index (κ1) is 23.2. The lowest BCUT2D eigenvalue weighted by Crippen LogP contribution is -2.40. The number of nitrogens with one attached hydrogen (secondary N) is 1. The average molecular weight is 501 g/mol. The van der Waals surface area contributed by atoms with Crippen LogP contribution in [0, 0.1) is 11.8 Å². The van der Waals surface area contributed by atoms with E-state index in [9.17, 15) is 0 Å². The van der Waals surface area contributed by atoms with Gasteiger partial charge in [0, 0.05) is 45.5 Å². The van der Waals surface area contributed by atoms with Gasteiger partial charge in [0.2, 0.25) is 5.88 Å². The zero-order chi connectivity index (χ0) is 19.1. The van der Waals surface area contributed by atoms with Gasteiger partial charge in [0.05, 0.1) is 6.61 Å². The molecule has 7 heteroatoms. The number of hydrogen-bond donors (Lipinski definition) is 1. The van der Waals surface area contributed by atoms with E-state index in [-0.39, 0.29) is 24.0 Å². The molecule has 1 saturated heterocycles. The molecule has 1 N–H and O–H groups in total. The van der Waals surface area contributed by atoms with Crippen molar-refractivity contribution < 1.29 is 4.74 Å². The molecule has 3 rings (SSSR count). The van der Waals surface area contributed by atoms with Crippen LogP contribution in [-0.4, -0.2) is 67.1 Å². The van der Waals surface area contributed by atoms with E-state index in [4.69, 9.17) is 4.74 Å². The highest BCUT2D eigenvalue weighted by molar-refractivity contribution is 14.0. The molecular formula is C21H36IN5O. The average Bonchev–Trinajstić information content (AvgIpc) is 3.42. The van der Waals surface area contributed by atoms with E-state index in [0.29, 0.717) is 0 Å². The Morgan fingerprint density at radius 1 is 1.29 bits per heavy atom. The van der Waals surface area contributed by atoms with Gasteiger partial charge in [-0.2, -0.15) is 0 Å². The van der Waals surface area contributed by atoms with Crippen LogP contribution in [0.15, 0.2) is 23.3 Å². The molecule has 6 nitrogen and oxygen atoms in total. The van der Waals surface area contributed by atoms with Crippen molar-refractivity contribution in [1.29, 1.82) is 0 Å². The predicted octanol–water partition coefficient (Wildman–Crippen LogP) is 3.23. The number of likely N-dealkylation sites (tertiary alicyclic amines) is 1. The summed E-state index contributed by atoms with van der Waals surface area (Å²) >= 11 is 0. The Balaban J connectivity index is 0.00000280. The van der Waals surface area contributed by atoms with Crippen LogP contribution in [0.4, 0.5) is 0 Å². The summed E-state index contributed by atoms with van der Waals surface area (Å²) in [5.74, 6) is 3.20. The first-order chi connectivity index (χ1) is 13.2. The minimum atomic E-state index is 0. The minimum absolute atomic E-state index is 0. The molecular weight excluding hydrogens is 465 g/mol. The van der Waals surface area contributed by atoms with Crippen LogP contribution in [0.3, 0.4) is 0 Å². The smallest absolute Gasteiger partial charge is 0.213 e. The molecule has 2 fully saturated rings. The molecule has 1 saturated carbocycles. The van der Waals surface area contributed by atoms with Gasteiger partial charge in [0.15, 0.2) is 5.96 Å². The summed E-state index contributed by atoms with van der Waals surface area (Å²) < 4.78 is 5.79. The number of guanidine groups is 1. The standard InChI is InChI=1S/C21H35N5O.HI/c1-4-25(5-2)14-19-9-11-26(15-19)21(22-3)24-13-18-8-10-23-20(12-18)27-16-17-6-7-17;/h8,10,12,17,19H,4-7,9,11,13-16H2,1-3H3,(H,22,24);1H. The highest BCUT2D eigenvalue weighted by Gasteiger charge is 2.26. The molecule has 1 unspecified atom stereocenters. The van der Waals surface area contributed by atoms with Crippen LogP contribution >= 0.6 is 24.0 Å². The number of pyridine rings is 1. The predicted molar refractivity (Wildman–Crippen MR) is 126 cm³/mol. The highest BCUT2D eigenvalue weighted by atomic mass is 127. The van der Waals surface area contributed by atoms with E-state index < -0.39 is 0 Å². The molecule has 1 atom stereocenters. The van der Waals surface area contributed by atoms with Crippen molar-refractivity contribution in [2.45, 2.75) is 39.7 Å². The van der Waals surface area contributed by atoms with Gasteiger partial charge in [-0.05, 0) is 55.8 Å². The topological polar surface area (TPSA) is 53.0 Å². The van der Waals surface area contributed by atoms with Crippen LogP contribution in [0.5, 0.6) is 5.88 Å². The quantitative estimate of drug-likeness (QED) is 0.320. The Bertz CT molecular complexity index is 619. The summed E-state index contributed by atoms with van der Waals surface area (Å²) in [6, 6.07) is 4.08. The van der Waals surface area contributed by atoms with E-state index in [1.807, 2.05) is 25.4 Å². The van der Waals surface area contributed by atoms with Gasteiger partial charge >= 0.3 is 0 Å². The molecule has 1 aliphatic carbocycles. The van der Waals surface area contributed by atoms with E-state index >= 15 is 0 Å². The molecule has 0 amide bonds. The van der Waals surface area contributed by atoms with Crippen LogP contribution in [0.1, 0.15) is 38.7 Å². The number of aliphatic imine (C=N–C) groups is 1. The lowest BCUT2D eigenvalue weighted by Gasteiger charge is -2.24. The van der Waals surface area contributed by atoms with E-state index in [2.05, 4.69) is 38.9 Å². The first-order valence-electron chi connectivity index (χ1n) is 10.5. The molecule has 158 valence electrons. The van der Waals surface area contributed by atoms with Crippen LogP contribution in [0.2, 0.25) is 0 Å². The van der Waals surface area contributed by atoms with Gasteiger partial charge in [-0.15, -0.1) is 24.0 Å². The zero-order valence-electron chi connectivity index (χ0n) is 17.6. The number of halogens is 1. The summed E-state index contributed by atoms with van der Waals surface area (Å²) in [6.07, 6.45) is 5.66. The lowest BCUT2D eigenvalue weighted by atomic mass is 10.1. The van der Waals surface area contributed by atoms with E-state index in [0.717, 1.165) is 63.0 Å². The number of rotatable bonds is 9. The van der Waals surface area contributed by atoms with Crippen molar-refractivity contribution in [3.8, 4) is 5.88 Å². The van der Waals surface area contributed by atoms with Crippen LogP contribution in [0.25, 0.3) is 0 Å². The number of ether oxygens (including phenoxy) is 1. The molecule has 0 spiro atoms. The Hall–Kier alpha value is -1.09. The first-order valence-corrected chi connectivity index (χ1v) is 10.5. The van der Waals surface area contributed by atoms with Crippen molar-refractivity contribution in [3.63, 3.8) is 0 Å². The van der Waals surface area contributed by atoms with Crippen molar-refractivity contribution in [3.05, 3.63) is 23.9 Å². The Labute approximate surface area is 187 Å². The van der Waals surface area contributed by atoms with Gasteiger partial charge in [-0.25, -0.2) is 4.98 Å². The Kier molecular flexibility index (Phi) is 9.77. The fourth-order valence-electron chi connectivity index (χ4n) is 3.66. The van der Waals surface area contributed by atoms with Gasteiger partial charge in [-0.1, -0.05) is 13.8 Å². The maximum Gasteiger partial charge on any atom is 0.213 e. The third kappa shape index (κ3) is 7.06. The Morgan fingerprint density at radius 3 is 2.75 bits per heavy atom. The zero-order valence-corrected chi connectivity index (χ0v) is 19.9. The number of aromatic nitrogens is 1. The second-order valence-electron chi connectivity index (χ2n) is 7.74. The van der Waals surface area contributed by atoms with Crippen molar-refractivity contribution in [2.24, 2.45) is 16.8 Å². The molecule has 2 aliphatic rings. The molecule has 2 heterocycles. The van der Waals surface area contributed by atoms with Gasteiger partial charge < -0.3 is 19.9 Å². The van der Waals surface area contributed by atoms with Crippen LogP contribution in [-0.2, 0) is 6.54 Å². The lowest BCUT2D eigenvalue weighted by molar-refractivity contribution is 0.255. The second kappa shape index (κ2) is 11.8. The maximum atomic E-state index is 5.79. The molecule has 1 aromatic rings. The molecule has 1 aromatic heterocycles. The molecule has 0 radical (unpaired) electrons. The van der Waals surface area contributed by atoms with E-state index in [1.54, 1.807) is 0 Å². The minimum Gasteiger partial charge on any atom is -0.477 e. The van der Waals surface area contributed by atoms with Crippen molar-refractivity contribution >= 4 is 29.9 Å².